The van der Waals surface area contributed by atoms with Gasteiger partial charge in [0, 0.05) is 11.6 Å². The fourth-order valence-corrected chi connectivity index (χ4v) is 1.39. The summed E-state index contributed by atoms with van der Waals surface area (Å²) in [6.07, 6.45) is 1.25. The van der Waals surface area contributed by atoms with Crippen LogP contribution in [0.2, 0.25) is 0 Å². The minimum absolute atomic E-state index is 0.160. The summed E-state index contributed by atoms with van der Waals surface area (Å²) in [5.41, 5.74) is -0.742. The molecule has 1 N–H and O–H groups in total. The zero-order valence-electron chi connectivity index (χ0n) is 7.66. The summed E-state index contributed by atoms with van der Waals surface area (Å²) in [6.45, 7) is 0.319. The topological polar surface area (TPSA) is 51.6 Å². The van der Waals surface area contributed by atoms with Crippen molar-refractivity contribution in [3.8, 4) is 5.75 Å². The first kappa shape index (κ1) is 9.36. The molecule has 0 radical (unpaired) electrons. The Balaban J connectivity index is 2.43. The van der Waals surface area contributed by atoms with Gasteiger partial charge in [0.05, 0.1) is 26.5 Å². The van der Waals surface area contributed by atoms with Gasteiger partial charge in [-0.05, 0) is 0 Å². The molecular weight excluding hydrogens is 189 g/mol. The third kappa shape index (κ3) is 1.34. The molecule has 0 bridgehead atoms. The molecule has 1 aliphatic rings. The zero-order valence-corrected chi connectivity index (χ0v) is 7.66. The summed E-state index contributed by atoms with van der Waals surface area (Å²) in [7, 11) is 1.45. The van der Waals surface area contributed by atoms with E-state index in [1.54, 1.807) is 0 Å². The van der Waals surface area contributed by atoms with Crippen molar-refractivity contribution in [2.24, 2.45) is 0 Å². The minimum atomic E-state index is -1.13. The molecule has 14 heavy (non-hydrogen) atoms. The second-order valence-electron chi connectivity index (χ2n) is 3.23. The molecule has 0 amide bonds. The van der Waals surface area contributed by atoms with E-state index in [-0.39, 0.29) is 13.2 Å². The number of aromatic nitrogens is 1. The quantitative estimate of drug-likeness (QED) is 0.702. The molecule has 4 nitrogen and oxygen atoms in total. The van der Waals surface area contributed by atoms with Crippen LogP contribution in [-0.4, -0.2) is 30.4 Å². The summed E-state index contributed by atoms with van der Waals surface area (Å²) in [5.74, 6) is -0.265. The number of hydrogen-bond donors (Lipinski definition) is 1. The lowest BCUT2D eigenvalue weighted by Crippen LogP contribution is -2.46. The lowest BCUT2D eigenvalue weighted by molar-refractivity contribution is -0.185. The van der Waals surface area contributed by atoms with Crippen molar-refractivity contribution in [3.05, 3.63) is 23.8 Å². The van der Waals surface area contributed by atoms with Crippen molar-refractivity contribution in [1.82, 2.24) is 4.98 Å². The van der Waals surface area contributed by atoms with Crippen LogP contribution in [0.4, 0.5) is 4.39 Å². The molecule has 2 heterocycles. The van der Waals surface area contributed by atoms with Crippen molar-refractivity contribution >= 4 is 0 Å². The molecule has 5 heteroatoms. The van der Waals surface area contributed by atoms with Crippen molar-refractivity contribution < 1.29 is 19.0 Å². The molecule has 0 atom stereocenters. The highest BCUT2D eigenvalue weighted by molar-refractivity contribution is 5.36. The van der Waals surface area contributed by atoms with Crippen LogP contribution in [0.25, 0.3) is 0 Å². The Morgan fingerprint density at radius 1 is 1.64 bits per heavy atom. The average Bonchev–Trinajstić information content (AvgIpc) is 2.14. The van der Waals surface area contributed by atoms with Crippen LogP contribution in [0.5, 0.6) is 5.75 Å². The molecular formula is C9H10FNO3. The number of pyridine rings is 1. The molecule has 0 spiro atoms. The maximum Gasteiger partial charge on any atom is 0.213 e. The van der Waals surface area contributed by atoms with Crippen LogP contribution in [0.15, 0.2) is 12.3 Å². The van der Waals surface area contributed by atoms with Gasteiger partial charge in [0.15, 0.2) is 0 Å². The second kappa shape index (κ2) is 3.18. The standard InChI is InChI=1S/C9H10FNO3/c1-13-7-3-11-8(10)2-6(7)9(12)4-14-5-9/h2-3,12H,4-5H2,1H3. The van der Waals surface area contributed by atoms with E-state index in [1.165, 1.54) is 19.4 Å². The third-order valence-corrected chi connectivity index (χ3v) is 2.24. The molecule has 0 unspecified atom stereocenters. The fourth-order valence-electron chi connectivity index (χ4n) is 1.39. The van der Waals surface area contributed by atoms with Crippen LogP contribution < -0.4 is 4.74 Å². The van der Waals surface area contributed by atoms with Crippen molar-refractivity contribution in [2.75, 3.05) is 20.3 Å². The van der Waals surface area contributed by atoms with Crippen LogP contribution in [0, 0.1) is 5.95 Å². The minimum Gasteiger partial charge on any atom is -0.495 e. The predicted molar refractivity (Wildman–Crippen MR) is 45.5 cm³/mol. The first-order chi connectivity index (χ1) is 6.65. The molecule has 1 aliphatic heterocycles. The number of rotatable bonds is 2. The van der Waals surface area contributed by atoms with Gasteiger partial charge in [-0.3, -0.25) is 0 Å². The van der Waals surface area contributed by atoms with Crippen LogP contribution in [0.3, 0.4) is 0 Å². The van der Waals surface area contributed by atoms with E-state index in [0.29, 0.717) is 11.3 Å². The smallest absolute Gasteiger partial charge is 0.213 e. The Labute approximate surface area is 80.3 Å². The van der Waals surface area contributed by atoms with Gasteiger partial charge in [-0.2, -0.15) is 4.39 Å². The molecule has 76 valence electrons. The Morgan fingerprint density at radius 3 is 2.86 bits per heavy atom. The van der Waals surface area contributed by atoms with Crippen LogP contribution in [-0.2, 0) is 10.3 Å². The number of nitrogens with zero attached hydrogens (tertiary/aromatic N) is 1. The number of hydrogen-bond acceptors (Lipinski definition) is 4. The van der Waals surface area contributed by atoms with E-state index >= 15 is 0 Å². The normalized spacial score (nSPS) is 18.8. The molecule has 2 rings (SSSR count). The van der Waals surface area contributed by atoms with Crippen molar-refractivity contribution in [1.29, 1.82) is 0 Å². The summed E-state index contributed by atoms with van der Waals surface area (Å²) in [5, 5.41) is 9.92. The van der Waals surface area contributed by atoms with E-state index in [1.807, 2.05) is 0 Å². The Kier molecular flexibility index (Phi) is 2.13. The molecule has 0 aromatic carbocycles. The van der Waals surface area contributed by atoms with E-state index < -0.39 is 11.5 Å². The predicted octanol–water partition coefficient (Wildman–Crippen LogP) is 0.447. The Morgan fingerprint density at radius 2 is 2.36 bits per heavy atom. The SMILES string of the molecule is COc1cnc(F)cc1C1(O)COC1. The van der Waals surface area contributed by atoms with Gasteiger partial charge in [0.25, 0.3) is 0 Å². The van der Waals surface area contributed by atoms with Gasteiger partial charge in [0.2, 0.25) is 5.95 Å². The lowest BCUT2D eigenvalue weighted by Gasteiger charge is -2.37. The highest BCUT2D eigenvalue weighted by Gasteiger charge is 2.40. The maximum absolute atomic E-state index is 12.9. The summed E-state index contributed by atoms with van der Waals surface area (Å²) in [4.78, 5) is 3.44. The van der Waals surface area contributed by atoms with Gasteiger partial charge < -0.3 is 14.6 Å². The number of methoxy groups -OCH3 is 1. The zero-order chi connectivity index (χ0) is 10.2. The molecule has 0 saturated carbocycles. The number of aliphatic hydroxyl groups is 1. The first-order valence-corrected chi connectivity index (χ1v) is 4.16. The molecule has 0 aliphatic carbocycles. The maximum atomic E-state index is 12.9. The van der Waals surface area contributed by atoms with E-state index in [2.05, 4.69) is 4.98 Å². The van der Waals surface area contributed by atoms with Crippen molar-refractivity contribution in [3.63, 3.8) is 0 Å². The molecule has 1 aromatic rings. The van der Waals surface area contributed by atoms with Crippen LogP contribution >= 0.6 is 0 Å². The third-order valence-electron chi connectivity index (χ3n) is 2.24. The summed E-state index contributed by atoms with van der Waals surface area (Å²) < 4.78 is 22.7. The van der Waals surface area contributed by atoms with Crippen molar-refractivity contribution in [2.45, 2.75) is 5.60 Å². The number of ether oxygens (including phenoxy) is 2. The number of halogens is 1. The van der Waals surface area contributed by atoms with Gasteiger partial charge in [-0.15, -0.1) is 0 Å². The Bertz CT molecular complexity index is 352. The van der Waals surface area contributed by atoms with E-state index in [4.69, 9.17) is 9.47 Å². The lowest BCUT2D eigenvalue weighted by atomic mass is 9.92. The van der Waals surface area contributed by atoms with Gasteiger partial charge >= 0.3 is 0 Å². The monoisotopic (exact) mass is 199 g/mol. The van der Waals surface area contributed by atoms with Gasteiger partial charge in [0.1, 0.15) is 11.4 Å². The highest BCUT2D eigenvalue weighted by atomic mass is 19.1. The van der Waals surface area contributed by atoms with E-state index in [0.717, 1.165) is 0 Å². The second-order valence-corrected chi connectivity index (χ2v) is 3.23. The Hall–Kier alpha value is -1.20. The van der Waals surface area contributed by atoms with E-state index in [9.17, 15) is 9.50 Å². The first-order valence-electron chi connectivity index (χ1n) is 4.16. The largest absolute Gasteiger partial charge is 0.495 e. The summed E-state index contributed by atoms with van der Waals surface area (Å²) in [6, 6.07) is 1.17. The summed E-state index contributed by atoms with van der Waals surface area (Å²) >= 11 is 0. The molecule has 1 saturated heterocycles. The van der Waals surface area contributed by atoms with Crippen LogP contribution in [0.1, 0.15) is 5.56 Å². The van der Waals surface area contributed by atoms with Gasteiger partial charge in [-0.25, -0.2) is 4.98 Å². The highest BCUT2D eigenvalue weighted by Crippen LogP contribution is 2.35. The average molecular weight is 199 g/mol. The molecule has 1 fully saturated rings. The fraction of sp³-hybridized carbons (Fsp3) is 0.444. The molecule has 1 aromatic heterocycles. The van der Waals surface area contributed by atoms with Gasteiger partial charge in [-0.1, -0.05) is 0 Å².